The molecule has 0 aliphatic carbocycles. The molecule has 2 N–H and O–H groups in total. The molecule has 2 aromatic heterocycles. The number of carboxylic acid groups (broad SMARTS) is 1. The van der Waals surface area contributed by atoms with Gasteiger partial charge in [0.05, 0.1) is 36.9 Å². The van der Waals surface area contributed by atoms with Crippen LogP contribution in [0.3, 0.4) is 0 Å². The van der Waals surface area contributed by atoms with E-state index in [1.165, 1.54) is 20.3 Å². The van der Waals surface area contributed by atoms with E-state index >= 15 is 0 Å². The summed E-state index contributed by atoms with van der Waals surface area (Å²) in [7, 11) is 2.96. The van der Waals surface area contributed by atoms with Gasteiger partial charge in [0.15, 0.2) is 11.5 Å². The van der Waals surface area contributed by atoms with Crippen LogP contribution in [0.4, 0.5) is 11.5 Å². The maximum absolute atomic E-state index is 11.8. The van der Waals surface area contributed by atoms with E-state index in [-0.39, 0.29) is 11.0 Å². The molecule has 0 amide bonds. The van der Waals surface area contributed by atoms with Crippen LogP contribution in [0, 0.1) is 0 Å². The minimum Gasteiger partial charge on any atom is -0.493 e. The van der Waals surface area contributed by atoms with Gasteiger partial charge < -0.3 is 19.9 Å². The lowest BCUT2D eigenvalue weighted by Crippen LogP contribution is -2.12. The van der Waals surface area contributed by atoms with Gasteiger partial charge in [-0.2, -0.15) is 5.10 Å². The van der Waals surface area contributed by atoms with Crippen LogP contribution in [0.15, 0.2) is 42.7 Å². The largest absolute Gasteiger partial charge is 0.493 e. The third-order valence-corrected chi connectivity index (χ3v) is 4.40. The van der Waals surface area contributed by atoms with Crippen molar-refractivity contribution < 1.29 is 19.4 Å². The second kappa shape index (κ2) is 7.83. The number of nitrogens with zero attached hydrogens (tertiary/aromatic N) is 3. The van der Waals surface area contributed by atoms with Crippen LogP contribution in [0.25, 0.3) is 5.69 Å². The molecule has 8 nitrogen and oxygen atoms in total. The molecule has 0 bridgehead atoms. The molecule has 0 aliphatic heterocycles. The number of nitrogens with one attached hydrogen (secondary N) is 1. The summed E-state index contributed by atoms with van der Waals surface area (Å²) in [6.45, 7) is 6.19. The molecule has 8 heteroatoms. The second-order valence-electron chi connectivity index (χ2n) is 7.46. The third kappa shape index (κ3) is 4.16. The lowest BCUT2D eigenvalue weighted by molar-refractivity contribution is 0.0697. The zero-order chi connectivity index (χ0) is 21.2. The smallest absolute Gasteiger partial charge is 0.337 e. The second-order valence-corrected chi connectivity index (χ2v) is 7.46. The number of methoxy groups -OCH3 is 2. The van der Waals surface area contributed by atoms with Crippen molar-refractivity contribution in [3.05, 3.63) is 54.0 Å². The summed E-state index contributed by atoms with van der Waals surface area (Å²) in [6, 6.07) is 8.60. The van der Waals surface area contributed by atoms with E-state index in [0.29, 0.717) is 23.0 Å². The molecule has 0 radical (unpaired) electrons. The molecule has 0 saturated heterocycles. The van der Waals surface area contributed by atoms with E-state index in [1.807, 2.05) is 18.2 Å². The Hall–Kier alpha value is -3.55. The van der Waals surface area contributed by atoms with Crippen LogP contribution in [-0.2, 0) is 5.41 Å². The number of carboxylic acids is 1. The summed E-state index contributed by atoms with van der Waals surface area (Å²) in [5.41, 5.74) is 1.89. The fourth-order valence-electron chi connectivity index (χ4n) is 2.82. The van der Waals surface area contributed by atoms with Crippen LogP contribution >= 0.6 is 0 Å². The highest BCUT2D eigenvalue weighted by atomic mass is 16.5. The number of ether oxygens (including phenoxy) is 2. The van der Waals surface area contributed by atoms with E-state index in [1.54, 1.807) is 23.1 Å². The summed E-state index contributed by atoms with van der Waals surface area (Å²) >= 11 is 0. The molecular formula is C21H24N4O4. The summed E-state index contributed by atoms with van der Waals surface area (Å²) in [6.07, 6.45) is 3.35. The van der Waals surface area contributed by atoms with Gasteiger partial charge in [-0.05, 0) is 12.1 Å². The van der Waals surface area contributed by atoms with Crippen molar-refractivity contribution in [1.29, 1.82) is 0 Å². The van der Waals surface area contributed by atoms with E-state index in [2.05, 4.69) is 31.1 Å². The zero-order valence-corrected chi connectivity index (χ0v) is 17.1. The predicted octanol–water partition coefficient (Wildman–Crippen LogP) is 4.02. The average molecular weight is 396 g/mol. The van der Waals surface area contributed by atoms with E-state index < -0.39 is 5.97 Å². The first-order valence-corrected chi connectivity index (χ1v) is 9.02. The Bertz CT molecular complexity index is 1020. The molecular weight excluding hydrogens is 372 g/mol. The lowest BCUT2D eigenvalue weighted by atomic mass is 9.92. The normalized spacial score (nSPS) is 11.2. The lowest BCUT2D eigenvalue weighted by Gasteiger charge is -2.15. The van der Waals surface area contributed by atoms with E-state index in [4.69, 9.17) is 14.6 Å². The highest BCUT2D eigenvalue weighted by molar-refractivity contribution is 5.96. The molecule has 3 rings (SSSR count). The SMILES string of the molecule is COc1cc(Nc2cc(C(C)(C)C)nn2-c2ccncc2)c(C(=O)O)cc1OC. The summed E-state index contributed by atoms with van der Waals surface area (Å²) < 4.78 is 12.3. The molecule has 152 valence electrons. The molecule has 29 heavy (non-hydrogen) atoms. The number of carbonyl (C=O) groups is 1. The first-order chi connectivity index (χ1) is 13.7. The Morgan fingerprint density at radius 3 is 2.24 bits per heavy atom. The third-order valence-electron chi connectivity index (χ3n) is 4.40. The highest BCUT2D eigenvalue weighted by Gasteiger charge is 2.23. The van der Waals surface area contributed by atoms with Crippen molar-refractivity contribution in [2.45, 2.75) is 26.2 Å². The summed E-state index contributed by atoms with van der Waals surface area (Å²) in [5, 5.41) is 17.6. The maximum atomic E-state index is 11.8. The quantitative estimate of drug-likeness (QED) is 0.649. The number of pyridine rings is 1. The average Bonchev–Trinajstić information content (AvgIpc) is 3.12. The van der Waals surface area contributed by atoms with Gasteiger partial charge >= 0.3 is 5.97 Å². The Morgan fingerprint density at radius 1 is 1.07 bits per heavy atom. The van der Waals surface area contributed by atoms with Gasteiger partial charge in [-0.25, -0.2) is 9.48 Å². The number of aromatic carboxylic acids is 1. The molecule has 0 unspecified atom stereocenters. The standard InChI is InChI=1S/C21H24N4O4/c1-21(2,3)18-12-19(25(24-18)13-6-8-22-9-7-13)23-15-11-17(29-5)16(28-4)10-14(15)20(26)27/h6-12,23H,1-5H3,(H,26,27). The number of hydrogen-bond acceptors (Lipinski definition) is 6. The van der Waals surface area contributed by atoms with Crippen molar-refractivity contribution in [1.82, 2.24) is 14.8 Å². The van der Waals surface area contributed by atoms with Crippen molar-refractivity contribution in [3.63, 3.8) is 0 Å². The van der Waals surface area contributed by atoms with Crippen LogP contribution in [0.1, 0.15) is 36.8 Å². The van der Waals surface area contributed by atoms with Gasteiger partial charge in [-0.15, -0.1) is 0 Å². The number of anilines is 2. The van der Waals surface area contributed by atoms with Gasteiger partial charge in [-0.1, -0.05) is 20.8 Å². The van der Waals surface area contributed by atoms with Gasteiger partial charge in [0.1, 0.15) is 5.82 Å². The molecule has 0 atom stereocenters. The molecule has 0 aliphatic rings. The first-order valence-electron chi connectivity index (χ1n) is 9.02. The maximum Gasteiger partial charge on any atom is 0.337 e. The fourth-order valence-corrected chi connectivity index (χ4v) is 2.82. The van der Waals surface area contributed by atoms with Crippen LogP contribution < -0.4 is 14.8 Å². The number of aromatic nitrogens is 3. The summed E-state index contributed by atoms with van der Waals surface area (Å²) in [4.78, 5) is 15.9. The number of rotatable bonds is 6. The molecule has 0 spiro atoms. The number of hydrogen-bond donors (Lipinski definition) is 2. The Morgan fingerprint density at radius 2 is 1.69 bits per heavy atom. The van der Waals surface area contributed by atoms with E-state index in [0.717, 1.165) is 11.4 Å². The predicted molar refractivity (Wildman–Crippen MR) is 110 cm³/mol. The molecule has 3 aromatic rings. The van der Waals surface area contributed by atoms with Crippen molar-refractivity contribution in [2.75, 3.05) is 19.5 Å². The van der Waals surface area contributed by atoms with Crippen molar-refractivity contribution >= 4 is 17.5 Å². The van der Waals surface area contributed by atoms with Gasteiger partial charge in [0.2, 0.25) is 0 Å². The molecule has 1 aromatic carbocycles. The van der Waals surface area contributed by atoms with Crippen molar-refractivity contribution in [3.8, 4) is 17.2 Å². The van der Waals surface area contributed by atoms with Gasteiger partial charge in [0.25, 0.3) is 0 Å². The molecule has 0 fully saturated rings. The highest BCUT2D eigenvalue weighted by Crippen LogP contribution is 2.36. The first kappa shape index (κ1) is 20.2. The zero-order valence-electron chi connectivity index (χ0n) is 17.1. The fraction of sp³-hybridized carbons (Fsp3) is 0.286. The topological polar surface area (TPSA) is 98.5 Å². The van der Waals surface area contributed by atoms with Crippen LogP contribution in [0.5, 0.6) is 11.5 Å². The van der Waals surface area contributed by atoms with Crippen LogP contribution in [0.2, 0.25) is 0 Å². The monoisotopic (exact) mass is 396 g/mol. The van der Waals surface area contributed by atoms with Crippen LogP contribution in [-0.4, -0.2) is 40.1 Å². The van der Waals surface area contributed by atoms with Gasteiger partial charge in [-0.3, -0.25) is 4.98 Å². The van der Waals surface area contributed by atoms with Gasteiger partial charge in [0, 0.05) is 36.0 Å². The molecule has 0 saturated carbocycles. The molecule has 2 heterocycles. The minimum atomic E-state index is -1.08. The Balaban J connectivity index is 2.15. The van der Waals surface area contributed by atoms with E-state index in [9.17, 15) is 9.90 Å². The Labute approximate surface area is 169 Å². The Kier molecular flexibility index (Phi) is 5.45. The minimum absolute atomic E-state index is 0.0578. The number of benzene rings is 1. The summed E-state index contributed by atoms with van der Waals surface area (Å²) in [5.74, 6) is 0.301. The van der Waals surface area contributed by atoms with Crippen molar-refractivity contribution in [2.24, 2.45) is 0 Å².